The van der Waals surface area contributed by atoms with Gasteiger partial charge in [-0.25, -0.2) is 9.79 Å². The molecule has 0 radical (unpaired) electrons. The van der Waals surface area contributed by atoms with Crippen molar-refractivity contribution >= 4 is 40.6 Å². The van der Waals surface area contributed by atoms with E-state index in [-0.39, 0.29) is 11.5 Å². The van der Waals surface area contributed by atoms with Gasteiger partial charge >= 0.3 is 5.97 Å². The number of benzene rings is 2. The largest absolute Gasteiger partial charge is 0.497 e. The zero-order valence-electron chi connectivity index (χ0n) is 14.6. The Morgan fingerprint density at radius 1 is 1.19 bits per heavy atom. The molecule has 1 fully saturated rings. The summed E-state index contributed by atoms with van der Waals surface area (Å²) in [4.78, 5) is 28.3. The lowest BCUT2D eigenvalue weighted by molar-refractivity contribution is -0.115. The first-order valence-electron chi connectivity index (χ1n) is 7.85. The summed E-state index contributed by atoms with van der Waals surface area (Å²) in [6.07, 6.45) is 1.54. The van der Waals surface area contributed by atoms with Crippen LogP contribution in [0.2, 0.25) is 0 Å². The molecular weight excluding hydrogens is 368 g/mol. The van der Waals surface area contributed by atoms with E-state index in [0.717, 1.165) is 11.8 Å². The third kappa shape index (κ3) is 4.12. The fourth-order valence-electron chi connectivity index (χ4n) is 2.43. The molecule has 7 nitrogen and oxygen atoms in total. The number of carboxylic acids is 1. The number of aromatic carboxylic acids is 1. The molecule has 2 aromatic rings. The molecule has 0 atom stereocenters. The Hall–Kier alpha value is -3.26. The minimum Gasteiger partial charge on any atom is -0.497 e. The summed E-state index contributed by atoms with van der Waals surface area (Å²) in [6.45, 7) is 0. The summed E-state index contributed by atoms with van der Waals surface area (Å²) in [5.74, 6) is -0.260. The minimum absolute atomic E-state index is 0.126. The van der Waals surface area contributed by atoms with Crippen molar-refractivity contribution in [3.05, 3.63) is 58.5 Å². The van der Waals surface area contributed by atoms with Gasteiger partial charge in [-0.05, 0) is 41.6 Å². The Morgan fingerprint density at radius 3 is 2.67 bits per heavy atom. The number of nitrogens with zero attached hydrogens (tertiary/aromatic N) is 1. The van der Waals surface area contributed by atoms with Crippen molar-refractivity contribution in [1.82, 2.24) is 5.32 Å². The van der Waals surface area contributed by atoms with Crippen LogP contribution < -0.4 is 14.8 Å². The van der Waals surface area contributed by atoms with Gasteiger partial charge in [-0.1, -0.05) is 18.2 Å². The molecule has 0 spiro atoms. The molecule has 0 aromatic heterocycles. The quantitative estimate of drug-likeness (QED) is 0.768. The van der Waals surface area contributed by atoms with Gasteiger partial charge in [-0.15, -0.1) is 0 Å². The van der Waals surface area contributed by atoms with Gasteiger partial charge in [-0.2, -0.15) is 0 Å². The zero-order valence-corrected chi connectivity index (χ0v) is 15.4. The monoisotopic (exact) mass is 384 g/mol. The standard InChI is InChI=1S/C19H16N2O5S/c1-25-12-7-8-14(15(10-12)26-2)20-19-21-17(22)16(27-19)9-11-5-3-4-6-13(11)18(23)24/h3-10H,1-2H3,(H,23,24)(H,20,21,22)/b16-9+. The smallest absolute Gasteiger partial charge is 0.336 e. The van der Waals surface area contributed by atoms with E-state index in [1.165, 1.54) is 19.3 Å². The predicted octanol–water partition coefficient (Wildman–Crippen LogP) is 3.29. The molecule has 1 aliphatic heterocycles. The van der Waals surface area contributed by atoms with Crippen molar-refractivity contribution in [3.8, 4) is 11.5 Å². The van der Waals surface area contributed by atoms with Crippen molar-refractivity contribution in [1.29, 1.82) is 0 Å². The third-order valence-electron chi connectivity index (χ3n) is 3.74. The number of methoxy groups -OCH3 is 2. The number of nitrogens with one attached hydrogen (secondary N) is 1. The molecule has 1 saturated heterocycles. The normalized spacial score (nSPS) is 16.4. The summed E-state index contributed by atoms with van der Waals surface area (Å²) < 4.78 is 10.5. The molecule has 0 saturated carbocycles. The first-order valence-corrected chi connectivity index (χ1v) is 8.67. The van der Waals surface area contributed by atoms with E-state index in [1.807, 2.05) is 0 Å². The van der Waals surface area contributed by atoms with Crippen LogP contribution in [-0.4, -0.2) is 36.4 Å². The van der Waals surface area contributed by atoms with Gasteiger partial charge in [-0.3, -0.25) is 4.79 Å². The number of amides is 1. The molecule has 138 valence electrons. The van der Waals surface area contributed by atoms with Crippen molar-refractivity contribution in [3.63, 3.8) is 0 Å². The highest BCUT2D eigenvalue weighted by molar-refractivity contribution is 8.18. The SMILES string of the molecule is COc1ccc(N=C2NC(=O)/C(=C\c3ccccc3C(=O)O)S2)c(OC)c1. The van der Waals surface area contributed by atoms with Gasteiger partial charge < -0.3 is 19.9 Å². The van der Waals surface area contributed by atoms with Crippen LogP contribution in [0.1, 0.15) is 15.9 Å². The predicted molar refractivity (Wildman–Crippen MR) is 104 cm³/mol. The summed E-state index contributed by atoms with van der Waals surface area (Å²) >= 11 is 1.13. The number of ether oxygens (including phenoxy) is 2. The van der Waals surface area contributed by atoms with E-state index in [4.69, 9.17) is 9.47 Å². The maximum absolute atomic E-state index is 12.2. The van der Waals surface area contributed by atoms with Gasteiger partial charge in [0.05, 0.1) is 24.7 Å². The molecular formula is C19H16N2O5S. The Balaban J connectivity index is 1.90. The highest BCUT2D eigenvalue weighted by Gasteiger charge is 2.25. The van der Waals surface area contributed by atoms with E-state index < -0.39 is 5.97 Å². The third-order valence-corrected chi connectivity index (χ3v) is 4.65. The Bertz CT molecular complexity index is 968. The van der Waals surface area contributed by atoms with Gasteiger partial charge in [0.15, 0.2) is 5.17 Å². The lowest BCUT2D eigenvalue weighted by Gasteiger charge is -2.07. The number of aliphatic imine (C=N–C) groups is 1. The minimum atomic E-state index is -1.05. The average molecular weight is 384 g/mol. The molecule has 1 aliphatic rings. The van der Waals surface area contributed by atoms with Gasteiger partial charge in [0.25, 0.3) is 5.91 Å². The number of hydrogen-bond donors (Lipinski definition) is 2. The summed E-state index contributed by atoms with van der Waals surface area (Å²) in [7, 11) is 3.08. The second-order valence-corrected chi connectivity index (χ2v) is 6.44. The number of carbonyl (C=O) groups excluding carboxylic acids is 1. The molecule has 2 N–H and O–H groups in total. The fourth-order valence-corrected chi connectivity index (χ4v) is 3.25. The Morgan fingerprint density at radius 2 is 1.96 bits per heavy atom. The van der Waals surface area contributed by atoms with Crippen LogP contribution in [0.4, 0.5) is 5.69 Å². The second kappa shape index (κ2) is 7.96. The molecule has 3 rings (SSSR count). The number of carboxylic acid groups (broad SMARTS) is 1. The Kier molecular flexibility index (Phi) is 5.46. The van der Waals surface area contributed by atoms with Crippen LogP contribution in [0, 0.1) is 0 Å². The topological polar surface area (TPSA) is 97.2 Å². The van der Waals surface area contributed by atoms with Crippen LogP contribution in [0.5, 0.6) is 11.5 Å². The van der Waals surface area contributed by atoms with Crippen LogP contribution >= 0.6 is 11.8 Å². The first kappa shape index (κ1) is 18.5. The number of amidine groups is 1. The molecule has 0 aliphatic carbocycles. The van der Waals surface area contributed by atoms with E-state index in [0.29, 0.717) is 32.8 Å². The van der Waals surface area contributed by atoms with Crippen molar-refractivity contribution in [2.24, 2.45) is 4.99 Å². The number of carbonyl (C=O) groups is 2. The fraction of sp³-hybridized carbons (Fsp3) is 0.105. The molecule has 2 aromatic carbocycles. The lowest BCUT2D eigenvalue weighted by atomic mass is 10.1. The molecule has 8 heteroatoms. The summed E-state index contributed by atoms with van der Waals surface area (Å²) in [5, 5.41) is 12.3. The molecule has 27 heavy (non-hydrogen) atoms. The zero-order chi connectivity index (χ0) is 19.4. The van der Waals surface area contributed by atoms with Crippen LogP contribution in [0.3, 0.4) is 0 Å². The maximum Gasteiger partial charge on any atom is 0.336 e. The Labute approximate surface area is 159 Å². The molecule has 0 bridgehead atoms. The molecule has 0 unspecified atom stereocenters. The van der Waals surface area contributed by atoms with Crippen LogP contribution in [-0.2, 0) is 4.79 Å². The van der Waals surface area contributed by atoms with Gasteiger partial charge in [0.1, 0.15) is 17.2 Å². The van der Waals surface area contributed by atoms with Crippen molar-refractivity contribution < 1.29 is 24.2 Å². The van der Waals surface area contributed by atoms with Gasteiger partial charge in [0, 0.05) is 6.07 Å². The van der Waals surface area contributed by atoms with E-state index in [9.17, 15) is 14.7 Å². The molecule has 1 amide bonds. The first-order chi connectivity index (χ1) is 13.0. The lowest BCUT2D eigenvalue weighted by Crippen LogP contribution is -2.19. The highest BCUT2D eigenvalue weighted by atomic mass is 32.2. The van der Waals surface area contributed by atoms with E-state index >= 15 is 0 Å². The summed E-state index contributed by atoms with van der Waals surface area (Å²) in [5.41, 5.74) is 1.11. The number of hydrogen-bond acceptors (Lipinski definition) is 6. The maximum atomic E-state index is 12.2. The van der Waals surface area contributed by atoms with Crippen molar-refractivity contribution in [2.75, 3.05) is 14.2 Å². The second-order valence-electron chi connectivity index (χ2n) is 5.41. The van der Waals surface area contributed by atoms with E-state index in [2.05, 4.69) is 10.3 Å². The molecule has 1 heterocycles. The van der Waals surface area contributed by atoms with Gasteiger partial charge in [0.2, 0.25) is 0 Å². The van der Waals surface area contributed by atoms with E-state index in [1.54, 1.807) is 43.5 Å². The highest BCUT2D eigenvalue weighted by Crippen LogP contribution is 2.34. The number of rotatable bonds is 5. The van der Waals surface area contributed by atoms with Crippen molar-refractivity contribution in [2.45, 2.75) is 0 Å². The van der Waals surface area contributed by atoms with Crippen LogP contribution in [0.15, 0.2) is 52.4 Å². The summed E-state index contributed by atoms with van der Waals surface area (Å²) in [6, 6.07) is 11.6. The number of thioether (sulfide) groups is 1. The van der Waals surface area contributed by atoms with Crippen LogP contribution in [0.25, 0.3) is 6.08 Å². The average Bonchev–Trinajstić information content (AvgIpc) is 3.01.